The fraction of sp³-hybridized carbons (Fsp3) is 0.160. The molecular formula is C25H23NO2S. The van der Waals surface area contributed by atoms with Crippen LogP contribution in [0.15, 0.2) is 91.1 Å². The summed E-state index contributed by atoms with van der Waals surface area (Å²) in [7, 11) is 0. The van der Waals surface area contributed by atoms with Gasteiger partial charge in [-0.2, -0.15) is 0 Å². The molecule has 0 fully saturated rings. The Balaban J connectivity index is 1.78. The quantitative estimate of drug-likeness (QED) is 0.349. The van der Waals surface area contributed by atoms with E-state index in [0.717, 1.165) is 17.0 Å². The molecule has 4 aromatic rings. The van der Waals surface area contributed by atoms with E-state index in [2.05, 4.69) is 52.9 Å². The molecule has 0 aliphatic rings. The number of fused-ring (bicyclic) bond motifs is 1. The van der Waals surface area contributed by atoms with Crippen LogP contribution in [0.4, 0.5) is 0 Å². The first-order valence-corrected chi connectivity index (χ1v) is 10.8. The number of nitrogens with zero attached hydrogens (tertiary/aromatic N) is 1. The largest absolute Gasteiger partial charge is 0.462 e. The third-order valence-corrected chi connectivity index (χ3v) is 6.18. The van der Waals surface area contributed by atoms with E-state index in [-0.39, 0.29) is 11.2 Å². The second-order valence-electron chi connectivity index (χ2n) is 6.75. The molecule has 0 bridgehead atoms. The smallest absolute Gasteiger partial charge is 0.340 e. The van der Waals surface area contributed by atoms with Crippen LogP contribution in [-0.2, 0) is 10.5 Å². The molecule has 0 aliphatic heterocycles. The maximum absolute atomic E-state index is 12.6. The van der Waals surface area contributed by atoms with Crippen LogP contribution in [0.2, 0.25) is 0 Å². The van der Waals surface area contributed by atoms with Gasteiger partial charge in [0.05, 0.1) is 22.9 Å². The van der Waals surface area contributed by atoms with Crippen molar-refractivity contribution in [3.63, 3.8) is 0 Å². The lowest BCUT2D eigenvalue weighted by Gasteiger charge is -2.18. The van der Waals surface area contributed by atoms with Crippen molar-refractivity contribution >= 4 is 23.2 Å². The van der Waals surface area contributed by atoms with Crippen LogP contribution in [0.25, 0.3) is 5.52 Å². The van der Waals surface area contributed by atoms with Crippen LogP contribution < -0.4 is 0 Å². The van der Waals surface area contributed by atoms with Gasteiger partial charge in [-0.25, -0.2) is 4.79 Å². The number of hydrogen-bond donors (Lipinski definition) is 0. The van der Waals surface area contributed by atoms with Crippen molar-refractivity contribution in [2.45, 2.75) is 17.9 Å². The second kappa shape index (κ2) is 9.01. The second-order valence-corrected chi connectivity index (χ2v) is 7.84. The monoisotopic (exact) mass is 401 g/mol. The van der Waals surface area contributed by atoms with Gasteiger partial charge >= 0.3 is 5.97 Å². The van der Waals surface area contributed by atoms with Crippen molar-refractivity contribution in [1.82, 2.24) is 4.40 Å². The average Bonchev–Trinajstić information content (AvgIpc) is 3.15. The van der Waals surface area contributed by atoms with Gasteiger partial charge in [0.1, 0.15) is 0 Å². The first-order chi connectivity index (χ1) is 14.3. The average molecular weight is 402 g/mol. The summed E-state index contributed by atoms with van der Waals surface area (Å²) >= 11 is 1.86. The number of thioether (sulfide) groups is 1. The van der Waals surface area contributed by atoms with E-state index in [1.54, 1.807) is 0 Å². The molecule has 4 rings (SSSR count). The molecule has 0 radical (unpaired) electrons. The number of ether oxygens (including phenoxy) is 1. The molecule has 0 amide bonds. The van der Waals surface area contributed by atoms with Crippen molar-refractivity contribution in [3.05, 3.63) is 114 Å². The van der Waals surface area contributed by atoms with Gasteiger partial charge in [-0.15, -0.1) is 11.8 Å². The minimum atomic E-state index is -0.276. The topological polar surface area (TPSA) is 30.7 Å². The normalized spacial score (nSPS) is 12.0. The highest BCUT2D eigenvalue weighted by Crippen LogP contribution is 2.39. The fourth-order valence-corrected chi connectivity index (χ4v) is 4.74. The lowest BCUT2D eigenvalue weighted by atomic mass is 10.1. The summed E-state index contributed by atoms with van der Waals surface area (Å²) in [5.41, 5.74) is 5.07. The van der Waals surface area contributed by atoms with Crippen molar-refractivity contribution in [2.75, 3.05) is 6.61 Å². The molecule has 0 spiro atoms. The molecule has 1 unspecified atom stereocenters. The SMILES string of the molecule is CCOC(=O)c1cc(C(SCc2ccccc2)c2ccccc2)n2ccccc12. The highest BCUT2D eigenvalue weighted by molar-refractivity contribution is 7.98. The summed E-state index contributed by atoms with van der Waals surface area (Å²) in [6, 6.07) is 28.8. The highest BCUT2D eigenvalue weighted by Gasteiger charge is 2.23. The maximum atomic E-state index is 12.6. The highest BCUT2D eigenvalue weighted by atomic mass is 32.2. The number of rotatable bonds is 7. The zero-order valence-corrected chi connectivity index (χ0v) is 17.1. The van der Waals surface area contributed by atoms with Gasteiger partial charge in [-0.3, -0.25) is 0 Å². The van der Waals surface area contributed by atoms with Gasteiger partial charge in [0, 0.05) is 17.6 Å². The maximum Gasteiger partial charge on any atom is 0.340 e. The van der Waals surface area contributed by atoms with E-state index in [0.29, 0.717) is 12.2 Å². The van der Waals surface area contributed by atoms with E-state index in [4.69, 9.17) is 4.74 Å². The van der Waals surface area contributed by atoms with Crippen molar-refractivity contribution in [2.24, 2.45) is 0 Å². The molecule has 29 heavy (non-hydrogen) atoms. The lowest BCUT2D eigenvalue weighted by Crippen LogP contribution is -2.03. The summed E-state index contributed by atoms with van der Waals surface area (Å²) in [6.45, 7) is 2.20. The molecule has 3 nitrogen and oxygen atoms in total. The Morgan fingerprint density at radius 3 is 2.38 bits per heavy atom. The molecule has 146 valence electrons. The summed E-state index contributed by atoms with van der Waals surface area (Å²) < 4.78 is 7.42. The van der Waals surface area contributed by atoms with Crippen molar-refractivity contribution < 1.29 is 9.53 Å². The molecule has 2 aromatic heterocycles. The zero-order chi connectivity index (χ0) is 20.1. The number of esters is 1. The summed E-state index contributed by atoms with van der Waals surface area (Å²) in [6.07, 6.45) is 2.02. The minimum Gasteiger partial charge on any atom is -0.462 e. The van der Waals surface area contributed by atoms with Crippen LogP contribution in [-0.4, -0.2) is 17.0 Å². The molecule has 2 heterocycles. The van der Waals surface area contributed by atoms with Crippen LogP contribution in [0.5, 0.6) is 0 Å². The van der Waals surface area contributed by atoms with E-state index in [1.165, 1.54) is 11.1 Å². The van der Waals surface area contributed by atoms with Crippen LogP contribution in [0, 0.1) is 0 Å². The predicted octanol–water partition coefficient (Wildman–Crippen LogP) is 6.14. The summed E-state index contributed by atoms with van der Waals surface area (Å²) in [5, 5.41) is 0.0921. The Morgan fingerprint density at radius 2 is 1.66 bits per heavy atom. The Labute approximate surface area is 175 Å². The third kappa shape index (κ3) is 4.22. The number of pyridine rings is 1. The van der Waals surface area contributed by atoms with Crippen LogP contribution in [0.1, 0.15) is 39.4 Å². The Kier molecular flexibility index (Phi) is 6.01. The number of carbonyl (C=O) groups excluding carboxylic acids is 1. The van der Waals surface area contributed by atoms with E-state index in [9.17, 15) is 4.79 Å². The van der Waals surface area contributed by atoms with Crippen molar-refractivity contribution in [3.8, 4) is 0 Å². The molecule has 4 heteroatoms. The summed E-state index contributed by atoms with van der Waals surface area (Å²) in [5.74, 6) is 0.609. The standard InChI is InChI=1S/C25H23NO2S/c1-2-28-25(27)21-17-23(26-16-10-9-15-22(21)26)24(20-13-7-4-8-14-20)29-18-19-11-5-3-6-12-19/h3-17,24H,2,18H2,1H3. The molecule has 2 aromatic carbocycles. The number of hydrogen-bond acceptors (Lipinski definition) is 3. The third-order valence-electron chi connectivity index (χ3n) is 4.83. The van der Waals surface area contributed by atoms with Gasteiger partial charge in [0.15, 0.2) is 0 Å². The Hall–Kier alpha value is -2.98. The molecular weight excluding hydrogens is 378 g/mol. The Bertz CT molecular complexity index is 1090. The van der Waals surface area contributed by atoms with Gasteiger partial charge in [-0.05, 0) is 36.2 Å². The summed E-state index contributed by atoms with van der Waals surface area (Å²) in [4.78, 5) is 12.6. The van der Waals surface area contributed by atoms with E-state index >= 15 is 0 Å². The molecule has 0 saturated heterocycles. The van der Waals surface area contributed by atoms with Crippen molar-refractivity contribution in [1.29, 1.82) is 0 Å². The van der Waals surface area contributed by atoms with Gasteiger partial charge in [0.25, 0.3) is 0 Å². The number of carbonyl (C=O) groups is 1. The van der Waals surface area contributed by atoms with Gasteiger partial charge in [-0.1, -0.05) is 66.7 Å². The predicted molar refractivity (Wildman–Crippen MR) is 119 cm³/mol. The zero-order valence-electron chi connectivity index (χ0n) is 16.3. The fourth-order valence-electron chi connectivity index (χ4n) is 3.49. The number of aromatic nitrogens is 1. The molecule has 1 atom stereocenters. The molecule has 0 aliphatic carbocycles. The lowest BCUT2D eigenvalue weighted by molar-refractivity contribution is 0.0529. The van der Waals surface area contributed by atoms with Crippen LogP contribution in [0.3, 0.4) is 0 Å². The van der Waals surface area contributed by atoms with Crippen LogP contribution >= 0.6 is 11.8 Å². The molecule has 0 saturated carbocycles. The van der Waals surface area contributed by atoms with E-state index in [1.807, 2.05) is 61.3 Å². The number of benzene rings is 2. The van der Waals surface area contributed by atoms with Gasteiger partial charge in [0.2, 0.25) is 0 Å². The first-order valence-electron chi connectivity index (χ1n) is 9.75. The molecule has 0 N–H and O–H groups in total. The van der Waals surface area contributed by atoms with Gasteiger partial charge < -0.3 is 9.14 Å². The van der Waals surface area contributed by atoms with E-state index < -0.39 is 0 Å². The minimum absolute atomic E-state index is 0.0921. The Morgan fingerprint density at radius 1 is 0.966 bits per heavy atom. The first kappa shape index (κ1) is 19.3.